The molecule has 4 nitrogen and oxygen atoms in total. The number of carbonyl (C=O) groups excluding carboxylic acids is 2. The number of esters is 1. The average molecular weight is 302 g/mol. The molecular weight excluding hydrogens is 272 g/mol. The fourth-order valence-corrected chi connectivity index (χ4v) is 2.50. The van der Waals surface area contributed by atoms with E-state index in [4.69, 9.17) is 4.74 Å². The summed E-state index contributed by atoms with van der Waals surface area (Å²) >= 11 is 0. The summed E-state index contributed by atoms with van der Waals surface area (Å²) in [5, 5.41) is 9.73. The predicted molar refractivity (Wildman–Crippen MR) is 83.5 cm³/mol. The molecule has 0 radical (unpaired) electrons. The molecule has 0 aliphatic rings. The van der Waals surface area contributed by atoms with Gasteiger partial charge in [0.1, 0.15) is 6.29 Å². The van der Waals surface area contributed by atoms with Gasteiger partial charge in [-0.3, -0.25) is 4.79 Å². The van der Waals surface area contributed by atoms with Crippen molar-refractivity contribution in [2.24, 2.45) is 0 Å². The van der Waals surface area contributed by atoms with Crippen LogP contribution in [0, 0.1) is 0 Å². The van der Waals surface area contributed by atoms with Crippen LogP contribution in [-0.4, -0.2) is 38.1 Å². The number of hydrogen-bond acceptors (Lipinski definition) is 4. The van der Waals surface area contributed by atoms with Crippen LogP contribution in [-0.2, 0) is 14.3 Å². The van der Waals surface area contributed by atoms with Crippen molar-refractivity contribution in [1.29, 1.82) is 0 Å². The van der Waals surface area contributed by atoms with Gasteiger partial charge >= 0.3 is 5.97 Å². The Labute approximate surface area is 123 Å². The summed E-state index contributed by atoms with van der Waals surface area (Å²) in [7, 11) is -1.17. The standard InChI is InChI=1S/C15H30O4Si/c1-20(2,3)12-11-19-15(18)13-14(17)9-7-5-4-6-8-10-16/h10,14,17H,4-9,11-13H2,1-3H3. The molecule has 0 aromatic rings. The maximum atomic E-state index is 11.5. The van der Waals surface area contributed by atoms with Crippen molar-refractivity contribution in [2.75, 3.05) is 6.61 Å². The Kier molecular flexibility index (Phi) is 10.7. The first-order chi connectivity index (χ1) is 9.35. The van der Waals surface area contributed by atoms with E-state index in [9.17, 15) is 14.7 Å². The molecule has 1 unspecified atom stereocenters. The molecule has 0 saturated carbocycles. The lowest BCUT2D eigenvalue weighted by Crippen LogP contribution is -2.23. The molecule has 0 bridgehead atoms. The van der Waals surface area contributed by atoms with Crippen molar-refractivity contribution in [3.05, 3.63) is 0 Å². The van der Waals surface area contributed by atoms with Crippen molar-refractivity contribution < 1.29 is 19.4 Å². The van der Waals surface area contributed by atoms with Gasteiger partial charge in [-0.1, -0.05) is 38.9 Å². The summed E-state index contributed by atoms with van der Waals surface area (Å²) in [5.41, 5.74) is 0. The number of aldehydes is 1. The Morgan fingerprint density at radius 1 is 1.20 bits per heavy atom. The van der Waals surface area contributed by atoms with Crippen LogP contribution in [0.15, 0.2) is 0 Å². The summed E-state index contributed by atoms with van der Waals surface area (Å²) < 4.78 is 5.15. The first-order valence-corrected chi connectivity index (χ1v) is 11.3. The Morgan fingerprint density at radius 2 is 1.85 bits per heavy atom. The quantitative estimate of drug-likeness (QED) is 0.260. The number of hydrogen-bond donors (Lipinski definition) is 1. The Hall–Kier alpha value is -0.683. The number of aliphatic hydroxyl groups excluding tert-OH is 1. The van der Waals surface area contributed by atoms with Crippen LogP contribution in [0.25, 0.3) is 0 Å². The predicted octanol–water partition coefficient (Wildman–Crippen LogP) is 3.16. The van der Waals surface area contributed by atoms with Gasteiger partial charge in [0.15, 0.2) is 0 Å². The van der Waals surface area contributed by atoms with Gasteiger partial charge in [-0.2, -0.15) is 0 Å². The minimum absolute atomic E-state index is 0.0973. The largest absolute Gasteiger partial charge is 0.466 e. The normalized spacial score (nSPS) is 13.0. The van der Waals surface area contributed by atoms with Crippen molar-refractivity contribution >= 4 is 20.3 Å². The van der Waals surface area contributed by atoms with Gasteiger partial charge in [-0.15, -0.1) is 0 Å². The molecule has 5 heteroatoms. The van der Waals surface area contributed by atoms with Gasteiger partial charge in [0, 0.05) is 14.5 Å². The molecule has 118 valence electrons. The molecule has 1 atom stereocenters. The molecule has 0 amide bonds. The summed E-state index contributed by atoms with van der Waals surface area (Å²) in [6, 6.07) is 0.964. The molecule has 0 aliphatic carbocycles. The molecular formula is C15H30O4Si. The van der Waals surface area contributed by atoms with Crippen molar-refractivity contribution in [3.8, 4) is 0 Å². The second-order valence-corrected chi connectivity index (χ2v) is 12.2. The van der Waals surface area contributed by atoms with Crippen molar-refractivity contribution in [1.82, 2.24) is 0 Å². The second kappa shape index (κ2) is 11.0. The van der Waals surface area contributed by atoms with Gasteiger partial charge in [0.05, 0.1) is 19.1 Å². The third-order valence-electron chi connectivity index (χ3n) is 3.13. The van der Waals surface area contributed by atoms with E-state index in [1.54, 1.807) is 0 Å². The zero-order valence-corrected chi connectivity index (χ0v) is 14.2. The van der Waals surface area contributed by atoms with E-state index in [0.29, 0.717) is 19.4 Å². The summed E-state index contributed by atoms with van der Waals surface area (Å²) in [4.78, 5) is 21.6. The van der Waals surface area contributed by atoms with Gasteiger partial charge in [0.25, 0.3) is 0 Å². The van der Waals surface area contributed by atoms with Gasteiger partial charge in [0.2, 0.25) is 0 Å². The van der Waals surface area contributed by atoms with Crippen molar-refractivity contribution in [2.45, 2.75) is 76.7 Å². The number of rotatable bonds is 12. The summed E-state index contributed by atoms with van der Waals surface area (Å²) in [5.74, 6) is -0.295. The van der Waals surface area contributed by atoms with Gasteiger partial charge < -0.3 is 14.6 Å². The summed E-state index contributed by atoms with van der Waals surface area (Å²) in [6.07, 6.45) is 5.49. The number of unbranched alkanes of at least 4 members (excludes halogenated alkanes) is 4. The highest BCUT2D eigenvalue weighted by atomic mass is 28.3. The molecule has 1 N–H and O–H groups in total. The highest BCUT2D eigenvalue weighted by molar-refractivity contribution is 6.76. The lowest BCUT2D eigenvalue weighted by atomic mass is 10.1. The number of ether oxygens (including phenoxy) is 1. The zero-order valence-electron chi connectivity index (χ0n) is 13.2. The number of aliphatic hydroxyl groups is 1. The van der Waals surface area contributed by atoms with Crippen LogP contribution >= 0.6 is 0 Å². The van der Waals surface area contributed by atoms with Gasteiger partial charge in [-0.25, -0.2) is 0 Å². The van der Waals surface area contributed by atoms with Crippen molar-refractivity contribution in [3.63, 3.8) is 0 Å². The molecule has 0 saturated heterocycles. The second-order valence-electron chi connectivity index (χ2n) is 6.55. The molecule has 0 aromatic heterocycles. The smallest absolute Gasteiger partial charge is 0.308 e. The van der Waals surface area contributed by atoms with Crippen LogP contribution in [0.1, 0.15) is 44.9 Å². The lowest BCUT2D eigenvalue weighted by molar-refractivity contribution is -0.145. The zero-order chi connectivity index (χ0) is 15.4. The van der Waals surface area contributed by atoms with E-state index in [0.717, 1.165) is 38.0 Å². The fraction of sp³-hybridized carbons (Fsp3) is 0.867. The third kappa shape index (κ3) is 13.7. The monoisotopic (exact) mass is 302 g/mol. The van der Waals surface area contributed by atoms with E-state index in [1.165, 1.54) is 0 Å². The van der Waals surface area contributed by atoms with Crippen LogP contribution < -0.4 is 0 Å². The molecule has 0 fully saturated rings. The first kappa shape index (κ1) is 19.3. The molecule has 0 aliphatic heterocycles. The van der Waals surface area contributed by atoms with E-state index in [-0.39, 0.29) is 12.4 Å². The lowest BCUT2D eigenvalue weighted by Gasteiger charge is -2.16. The molecule has 0 aromatic carbocycles. The van der Waals surface area contributed by atoms with Crippen LogP contribution in [0.5, 0.6) is 0 Å². The minimum Gasteiger partial charge on any atom is -0.466 e. The highest BCUT2D eigenvalue weighted by Crippen LogP contribution is 2.11. The first-order valence-electron chi connectivity index (χ1n) is 7.62. The minimum atomic E-state index is -1.17. The van der Waals surface area contributed by atoms with Crippen LogP contribution in [0.4, 0.5) is 0 Å². The topological polar surface area (TPSA) is 63.6 Å². The molecule has 0 rings (SSSR count). The van der Waals surface area contributed by atoms with Crippen LogP contribution in [0.3, 0.4) is 0 Å². The number of carbonyl (C=O) groups is 2. The van der Waals surface area contributed by atoms with Crippen LogP contribution in [0.2, 0.25) is 25.7 Å². The maximum absolute atomic E-state index is 11.5. The third-order valence-corrected chi connectivity index (χ3v) is 4.83. The van der Waals surface area contributed by atoms with E-state index in [2.05, 4.69) is 19.6 Å². The Balaban J connectivity index is 3.52. The fourth-order valence-electron chi connectivity index (χ4n) is 1.79. The van der Waals surface area contributed by atoms with E-state index >= 15 is 0 Å². The molecule has 0 heterocycles. The van der Waals surface area contributed by atoms with E-state index < -0.39 is 14.2 Å². The summed E-state index contributed by atoms with van der Waals surface area (Å²) in [6.45, 7) is 7.19. The Bertz CT molecular complexity index is 274. The average Bonchev–Trinajstić information content (AvgIpc) is 2.31. The molecule has 20 heavy (non-hydrogen) atoms. The van der Waals surface area contributed by atoms with Gasteiger partial charge in [-0.05, 0) is 18.9 Å². The van der Waals surface area contributed by atoms with E-state index in [1.807, 2.05) is 0 Å². The molecule has 0 spiro atoms. The maximum Gasteiger partial charge on any atom is 0.308 e. The highest BCUT2D eigenvalue weighted by Gasteiger charge is 2.15. The Morgan fingerprint density at radius 3 is 2.45 bits per heavy atom. The SMILES string of the molecule is C[Si](C)(C)CCOC(=O)CC(O)CCCCCCC=O.